The van der Waals surface area contributed by atoms with E-state index >= 15 is 0 Å². The lowest BCUT2D eigenvalue weighted by molar-refractivity contribution is 0.0951. The fourth-order valence-corrected chi connectivity index (χ4v) is 3.79. The second-order valence-electron chi connectivity index (χ2n) is 7.83. The van der Waals surface area contributed by atoms with Crippen LogP contribution in [0.25, 0.3) is 0 Å². The number of hydrogen-bond acceptors (Lipinski definition) is 3. The van der Waals surface area contributed by atoms with E-state index in [1.54, 1.807) is 36.4 Å². The van der Waals surface area contributed by atoms with E-state index in [2.05, 4.69) is 20.9 Å². The number of carbonyl (C=O) groups excluding carboxylic acids is 2. The first-order valence-corrected chi connectivity index (χ1v) is 10.7. The molecule has 0 atom stereocenters. The minimum absolute atomic E-state index is 0.174. The molecule has 1 heterocycles. The summed E-state index contributed by atoms with van der Waals surface area (Å²) in [5.74, 6) is -1.17. The number of carbonyl (C=O) groups is 2. The van der Waals surface area contributed by atoms with Crippen LogP contribution in [-0.2, 0) is 6.54 Å². The third kappa shape index (κ3) is 5.85. The van der Waals surface area contributed by atoms with Crippen LogP contribution in [-0.4, -0.2) is 25.0 Å². The Bertz CT molecular complexity index is 1160. The van der Waals surface area contributed by atoms with Crippen LogP contribution >= 0.6 is 0 Å². The van der Waals surface area contributed by atoms with Gasteiger partial charge in [-0.1, -0.05) is 18.2 Å². The topological polar surface area (TPSA) is 73.5 Å². The first-order valence-electron chi connectivity index (χ1n) is 10.7. The van der Waals surface area contributed by atoms with E-state index in [9.17, 15) is 18.4 Å². The van der Waals surface area contributed by atoms with Crippen LogP contribution in [0.1, 0.15) is 28.8 Å². The fourth-order valence-electron chi connectivity index (χ4n) is 3.79. The second kappa shape index (κ2) is 10.1. The summed E-state index contributed by atoms with van der Waals surface area (Å²) in [6, 6.07) is 16.2. The van der Waals surface area contributed by atoms with Gasteiger partial charge in [0, 0.05) is 30.9 Å². The summed E-state index contributed by atoms with van der Waals surface area (Å²) in [4.78, 5) is 27.4. The average molecular weight is 450 g/mol. The number of anilines is 3. The van der Waals surface area contributed by atoms with Crippen LogP contribution in [0.15, 0.2) is 66.7 Å². The molecule has 4 rings (SSSR count). The number of halogens is 2. The van der Waals surface area contributed by atoms with Crippen LogP contribution < -0.4 is 20.9 Å². The Kier molecular flexibility index (Phi) is 6.83. The molecule has 33 heavy (non-hydrogen) atoms. The highest BCUT2D eigenvalue weighted by atomic mass is 19.1. The Morgan fingerprint density at radius 2 is 1.58 bits per heavy atom. The highest BCUT2D eigenvalue weighted by Gasteiger charge is 2.19. The Morgan fingerprint density at radius 3 is 2.30 bits per heavy atom. The van der Waals surface area contributed by atoms with Gasteiger partial charge in [-0.05, 0) is 66.9 Å². The molecule has 0 saturated carbocycles. The maximum atomic E-state index is 13.4. The molecule has 1 aliphatic heterocycles. The Balaban J connectivity index is 1.51. The summed E-state index contributed by atoms with van der Waals surface area (Å²) in [6.45, 7) is 1.88. The SMILES string of the molecule is O=C(Nc1cccc(F)c1)Nc1cc(C(=O)NCc2cccc(F)c2)ccc1N1CCCC1. The normalized spacial score (nSPS) is 13.0. The molecule has 1 saturated heterocycles. The molecule has 0 spiro atoms. The second-order valence-corrected chi connectivity index (χ2v) is 7.83. The van der Waals surface area contributed by atoms with Crippen LogP contribution in [0, 0.1) is 11.6 Å². The summed E-state index contributed by atoms with van der Waals surface area (Å²) in [5.41, 5.74) is 2.60. The summed E-state index contributed by atoms with van der Waals surface area (Å²) in [7, 11) is 0. The van der Waals surface area contributed by atoms with Crippen molar-refractivity contribution in [3.63, 3.8) is 0 Å². The predicted molar refractivity (Wildman–Crippen MR) is 125 cm³/mol. The first-order chi connectivity index (χ1) is 16.0. The van der Waals surface area contributed by atoms with E-state index in [-0.39, 0.29) is 18.3 Å². The lowest BCUT2D eigenvalue weighted by Gasteiger charge is -2.22. The smallest absolute Gasteiger partial charge is 0.323 e. The van der Waals surface area contributed by atoms with Gasteiger partial charge in [0.05, 0.1) is 11.4 Å². The number of hydrogen-bond donors (Lipinski definition) is 3. The zero-order valence-electron chi connectivity index (χ0n) is 17.9. The van der Waals surface area contributed by atoms with Crippen LogP contribution in [0.4, 0.5) is 30.6 Å². The van der Waals surface area contributed by atoms with Crippen LogP contribution in [0.5, 0.6) is 0 Å². The third-order valence-electron chi connectivity index (χ3n) is 5.38. The zero-order chi connectivity index (χ0) is 23.2. The fraction of sp³-hybridized carbons (Fsp3) is 0.200. The summed E-state index contributed by atoms with van der Waals surface area (Å²) >= 11 is 0. The lowest BCUT2D eigenvalue weighted by atomic mass is 10.1. The lowest BCUT2D eigenvalue weighted by Crippen LogP contribution is -2.26. The number of urea groups is 1. The van der Waals surface area contributed by atoms with E-state index in [1.165, 1.54) is 30.3 Å². The van der Waals surface area contributed by atoms with Crippen molar-refractivity contribution in [2.75, 3.05) is 28.6 Å². The van der Waals surface area contributed by atoms with Gasteiger partial charge in [0.15, 0.2) is 0 Å². The zero-order valence-corrected chi connectivity index (χ0v) is 17.9. The number of rotatable bonds is 6. The number of amides is 3. The van der Waals surface area contributed by atoms with Crippen molar-refractivity contribution in [2.45, 2.75) is 19.4 Å². The molecule has 0 aromatic heterocycles. The molecule has 3 amide bonds. The third-order valence-corrected chi connectivity index (χ3v) is 5.38. The van der Waals surface area contributed by atoms with Crippen molar-refractivity contribution in [2.24, 2.45) is 0 Å². The van der Waals surface area contributed by atoms with Gasteiger partial charge in [-0.25, -0.2) is 13.6 Å². The number of nitrogens with one attached hydrogen (secondary N) is 3. The molecule has 6 nitrogen and oxygen atoms in total. The van der Waals surface area contributed by atoms with Gasteiger partial charge in [-0.2, -0.15) is 0 Å². The average Bonchev–Trinajstić information content (AvgIpc) is 3.32. The molecule has 1 aliphatic rings. The van der Waals surface area contributed by atoms with Crippen LogP contribution in [0.3, 0.4) is 0 Å². The molecule has 0 aliphatic carbocycles. The van der Waals surface area contributed by atoms with Crippen molar-refractivity contribution >= 4 is 29.0 Å². The van der Waals surface area contributed by atoms with Crippen LogP contribution in [0.2, 0.25) is 0 Å². The Labute approximate surface area is 190 Å². The van der Waals surface area contributed by atoms with Crippen molar-refractivity contribution in [3.05, 3.63) is 89.5 Å². The molecule has 1 fully saturated rings. The Hall–Kier alpha value is -3.94. The van der Waals surface area contributed by atoms with Crippen molar-refractivity contribution in [1.29, 1.82) is 0 Å². The predicted octanol–water partition coefficient (Wildman–Crippen LogP) is 5.14. The molecule has 3 N–H and O–H groups in total. The van der Waals surface area contributed by atoms with E-state index < -0.39 is 11.8 Å². The van der Waals surface area contributed by atoms with Gasteiger partial charge in [0.2, 0.25) is 0 Å². The van der Waals surface area contributed by atoms with Gasteiger partial charge >= 0.3 is 6.03 Å². The summed E-state index contributed by atoms with van der Waals surface area (Å²) in [5, 5.41) is 8.16. The summed E-state index contributed by atoms with van der Waals surface area (Å²) < 4.78 is 26.8. The monoisotopic (exact) mass is 450 g/mol. The van der Waals surface area contributed by atoms with E-state index in [0.29, 0.717) is 22.5 Å². The largest absolute Gasteiger partial charge is 0.370 e. The molecule has 0 unspecified atom stereocenters. The molecule has 0 radical (unpaired) electrons. The maximum Gasteiger partial charge on any atom is 0.323 e. The molecule has 0 bridgehead atoms. The quantitative estimate of drug-likeness (QED) is 0.487. The van der Waals surface area contributed by atoms with Crippen molar-refractivity contribution in [3.8, 4) is 0 Å². The van der Waals surface area contributed by atoms with E-state index in [4.69, 9.17) is 0 Å². The van der Waals surface area contributed by atoms with Gasteiger partial charge in [0.1, 0.15) is 11.6 Å². The molecular weight excluding hydrogens is 426 g/mol. The maximum absolute atomic E-state index is 13.4. The number of nitrogens with zero attached hydrogens (tertiary/aromatic N) is 1. The molecular formula is C25H24F2N4O2. The van der Waals surface area contributed by atoms with Gasteiger partial charge in [-0.3, -0.25) is 4.79 Å². The highest BCUT2D eigenvalue weighted by Crippen LogP contribution is 2.30. The molecule has 170 valence electrons. The van der Waals surface area contributed by atoms with Gasteiger partial charge < -0.3 is 20.9 Å². The van der Waals surface area contributed by atoms with Gasteiger partial charge in [0.25, 0.3) is 5.91 Å². The Morgan fingerprint density at radius 1 is 0.848 bits per heavy atom. The van der Waals surface area contributed by atoms with Crippen molar-refractivity contribution in [1.82, 2.24) is 5.32 Å². The van der Waals surface area contributed by atoms with E-state index in [0.717, 1.165) is 31.6 Å². The molecule has 3 aromatic rings. The van der Waals surface area contributed by atoms with Crippen molar-refractivity contribution < 1.29 is 18.4 Å². The standard InChI is InChI=1S/C25H24F2N4O2/c26-19-6-3-5-17(13-19)16-28-24(32)18-9-10-23(31-11-1-2-12-31)22(14-18)30-25(33)29-21-8-4-7-20(27)15-21/h3-10,13-15H,1-2,11-12,16H2,(H,28,32)(H2,29,30,33). The van der Waals surface area contributed by atoms with E-state index in [1.807, 2.05) is 0 Å². The minimum atomic E-state index is -0.543. The summed E-state index contributed by atoms with van der Waals surface area (Å²) in [6.07, 6.45) is 2.09. The first kappa shape index (κ1) is 22.3. The molecule has 8 heteroatoms. The highest BCUT2D eigenvalue weighted by molar-refractivity contribution is 6.04. The molecule has 3 aromatic carbocycles. The minimum Gasteiger partial charge on any atom is -0.370 e. The van der Waals surface area contributed by atoms with Gasteiger partial charge in [-0.15, -0.1) is 0 Å². The number of benzene rings is 3.